The maximum Gasteiger partial charge on any atom is 0.144 e. The number of benzene rings is 2. The molecule has 0 aliphatic heterocycles. The van der Waals surface area contributed by atoms with Gasteiger partial charge in [0.2, 0.25) is 0 Å². The van der Waals surface area contributed by atoms with Gasteiger partial charge in [0.05, 0.1) is 12.4 Å². The van der Waals surface area contributed by atoms with Crippen LogP contribution in [0.1, 0.15) is 29.2 Å². The summed E-state index contributed by atoms with van der Waals surface area (Å²) >= 11 is 0. The Morgan fingerprint density at radius 2 is 1.55 bits per heavy atom. The Hall–Kier alpha value is -2.87. The highest BCUT2D eigenvalue weighted by molar-refractivity contribution is 5.82. The van der Waals surface area contributed by atoms with Crippen LogP contribution in [-0.2, 0) is 6.42 Å². The average Bonchev–Trinajstić information content (AvgIpc) is 2.52. The van der Waals surface area contributed by atoms with Crippen LogP contribution in [0, 0.1) is 23.0 Å². The van der Waals surface area contributed by atoms with Gasteiger partial charge < -0.3 is 0 Å². The molecule has 2 aromatic carbocycles. The summed E-state index contributed by atoms with van der Waals surface area (Å²) in [5.41, 5.74) is 1.71. The quantitative estimate of drug-likeness (QED) is 0.624. The van der Waals surface area contributed by atoms with Crippen LogP contribution in [0.5, 0.6) is 0 Å². The van der Waals surface area contributed by atoms with E-state index in [1.165, 1.54) is 17.8 Å². The van der Waals surface area contributed by atoms with E-state index in [0.29, 0.717) is 0 Å². The molecule has 0 bridgehead atoms. The normalized spacial score (nSPS) is 11.2. The Balaban J connectivity index is 2.09. The van der Waals surface area contributed by atoms with Crippen LogP contribution >= 0.6 is 0 Å². The second-order valence-corrected chi connectivity index (χ2v) is 4.56. The molecule has 0 saturated heterocycles. The lowest BCUT2D eigenvalue weighted by Gasteiger charge is -1.97. The molecule has 0 radical (unpaired) electrons. The molecule has 2 aromatic rings. The summed E-state index contributed by atoms with van der Waals surface area (Å²) < 4.78 is 26.8. The lowest BCUT2D eigenvalue weighted by atomic mass is 10.1. The fourth-order valence-corrected chi connectivity index (χ4v) is 1.81. The average molecular weight is 297 g/mol. The van der Waals surface area contributed by atoms with Gasteiger partial charge in [-0.1, -0.05) is 31.2 Å². The summed E-state index contributed by atoms with van der Waals surface area (Å²) in [4.78, 5) is 0. The standard InChI is InChI=1S/C17H13F2N3/c1-2-12-3-5-13(6-4-12)10-21-22-11-14-7-16(18)15(9-20)17(19)8-14/h3-8,10-11H,2H2,1H3/b21-10+,22-11+. The van der Waals surface area contributed by atoms with Crippen molar-refractivity contribution in [2.45, 2.75) is 13.3 Å². The summed E-state index contributed by atoms with van der Waals surface area (Å²) in [7, 11) is 0. The van der Waals surface area contributed by atoms with Gasteiger partial charge >= 0.3 is 0 Å². The Labute approximate surface area is 127 Å². The van der Waals surface area contributed by atoms with Crippen LogP contribution in [-0.4, -0.2) is 12.4 Å². The highest BCUT2D eigenvalue weighted by Crippen LogP contribution is 2.13. The molecule has 0 N–H and O–H groups in total. The van der Waals surface area contributed by atoms with Crippen molar-refractivity contribution in [3.63, 3.8) is 0 Å². The maximum absolute atomic E-state index is 13.4. The number of hydrogen-bond acceptors (Lipinski definition) is 3. The molecule has 0 aliphatic rings. The fraction of sp³-hybridized carbons (Fsp3) is 0.118. The SMILES string of the molecule is CCc1ccc(/C=N/N=C/c2cc(F)c(C#N)c(F)c2)cc1. The van der Waals surface area contributed by atoms with Gasteiger partial charge in [0.25, 0.3) is 0 Å². The van der Waals surface area contributed by atoms with Crippen molar-refractivity contribution >= 4 is 12.4 Å². The van der Waals surface area contributed by atoms with Crippen molar-refractivity contribution < 1.29 is 8.78 Å². The van der Waals surface area contributed by atoms with E-state index in [2.05, 4.69) is 17.1 Å². The number of rotatable bonds is 4. The van der Waals surface area contributed by atoms with E-state index in [1.807, 2.05) is 24.3 Å². The minimum Gasteiger partial charge on any atom is -0.205 e. The number of aryl methyl sites for hydroxylation is 1. The van der Waals surface area contributed by atoms with Crippen molar-refractivity contribution in [2.75, 3.05) is 0 Å². The number of nitriles is 1. The van der Waals surface area contributed by atoms with E-state index in [-0.39, 0.29) is 5.56 Å². The topological polar surface area (TPSA) is 48.5 Å². The Bertz CT molecular complexity index is 733. The highest BCUT2D eigenvalue weighted by atomic mass is 19.1. The zero-order valence-electron chi connectivity index (χ0n) is 11.9. The fourth-order valence-electron chi connectivity index (χ4n) is 1.81. The highest BCUT2D eigenvalue weighted by Gasteiger charge is 2.09. The second kappa shape index (κ2) is 7.23. The van der Waals surface area contributed by atoms with Gasteiger partial charge in [-0.05, 0) is 29.7 Å². The molecule has 0 spiro atoms. The number of hydrogen-bond donors (Lipinski definition) is 0. The van der Waals surface area contributed by atoms with E-state index in [1.54, 1.807) is 6.21 Å². The van der Waals surface area contributed by atoms with Crippen molar-refractivity contribution in [3.8, 4) is 6.07 Å². The molecule has 3 nitrogen and oxygen atoms in total. The largest absolute Gasteiger partial charge is 0.205 e. The molecule has 5 heteroatoms. The van der Waals surface area contributed by atoms with Gasteiger partial charge in [-0.3, -0.25) is 0 Å². The predicted octanol–water partition coefficient (Wildman–Crippen LogP) is 3.85. The van der Waals surface area contributed by atoms with Crippen molar-refractivity contribution in [2.24, 2.45) is 10.2 Å². The van der Waals surface area contributed by atoms with E-state index in [0.717, 1.165) is 24.1 Å². The zero-order chi connectivity index (χ0) is 15.9. The molecule has 0 atom stereocenters. The van der Waals surface area contributed by atoms with E-state index < -0.39 is 17.2 Å². The third kappa shape index (κ3) is 3.83. The van der Waals surface area contributed by atoms with Gasteiger partial charge in [0, 0.05) is 5.56 Å². The molecule has 0 unspecified atom stereocenters. The first-order valence-corrected chi connectivity index (χ1v) is 6.68. The van der Waals surface area contributed by atoms with Gasteiger partial charge in [0.15, 0.2) is 0 Å². The van der Waals surface area contributed by atoms with Crippen LogP contribution in [0.2, 0.25) is 0 Å². The summed E-state index contributed by atoms with van der Waals surface area (Å²) in [6, 6.07) is 11.4. The molecule has 22 heavy (non-hydrogen) atoms. The lowest BCUT2D eigenvalue weighted by molar-refractivity contribution is 0.576. The first-order chi connectivity index (χ1) is 10.6. The van der Waals surface area contributed by atoms with Gasteiger partial charge in [-0.15, -0.1) is 0 Å². The van der Waals surface area contributed by atoms with Crippen LogP contribution in [0.15, 0.2) is 46.6 Å². The third-order valence-electron chi connectivity index (χ3n) is 3.04. The smallest absolute Gasteiger partial charge is 0.144 e. The van der Waals surface area contributed by atoms with Gasteiger partial charge in [-0.25, -0.2) is 8.78 Å². The molecule has 0 aliphatic carbocycles. The van der Waals surface area contributed by atoms with E-state index in [4.69, 9.17) is 5.26 Å². The minimum absolute atomic E-state index is 0.201. The second-order valence-electron chi connectivity index (χ2n) is 4.56. The lowest BCUT2D eigenvalue weighted by Crippen LogP contribution is -1.93. The molecule has 110 valence electrons. The van der Waals surface area contributed by atoms with E-state index >= 15 is 0 Å². The zero-order valence-corrected chi connectivity index (χ0v) is 11.9. The monoisotopic (exact) mass is 297 g/mol. The third-order valence-corrected chi connectivity index (χ3v) is 3.04. The minimum atomic E-state index is -0.914. The first-order valence-electron chi connectivity index (χ1n) is 6.68. The molecule has 0 saturated carbocycles. The molecular formula is C17H13F2N3. The first kappa shape index (κ1) is 15.5. The van der Waals surface area contributed by atoms with Crippen LogP contribution in [0.25, 0.3) is 0 Å². The van der Waals surface area contributed by atoms with Crippen molar-refractivity contribution in [3.05, 3.63) is 70.3 Å². The summed E-state index contributed by atoms with van der Waals surface area (Å²) in [6.45, 7) is 2.07. The Morgan fingerprint density at radius 1 is 1.00 bits per heavy atom. The van der Waals surface area contributed by atoms with Crippen molar-refractivity contribution in [1.82, 2.24) is 0 Å². The van der Waals surface area contributed by atoms with Crippen LogP contribution in [0.3, 0.4) is 0 Å². The summed E-state index contributed by atoms with van der Waals surface area (Å²) in [5.74, 6) is -1.83. The van der Waals surface area contributed by atoms with Crippen LogP contribution < -0.4 is 0 Å². The van der Waals surface area contributed by atoms with Gasteiger partial charge in [0.1, 0.15) is 23.3 Å². The molecule has 0 heterocycles. The molecule has 0 fully saturated rings. The Morgan fingerprint density at radius 3 is 2.05 bits per heavy atom. The summed E-state index contributed by atoms with van der Waals surface area (Å²) in [5, 5.41) is 16.2. The predicted molar refractivity (Wildman–Crippen MR) is 82.1 cm³/mol. The number of nitrogens with zero attached hydrogens (tertiary/aromatic N) is 3. The van der Waals surface area contributed by atoms with Crippen molar-refractivity contribution in [1.29, 1.82) is 5.26 Å². The molecular weight excluding hydrogens is 284 g/mol. The number of halogens is 2. The molecule has 2 rings (SSSR count). The van der Waals surface area contributed by atoms with Crippen LogP contribution in [0.4, 0.5) is 8.78 Å². The van der Waals surface area contributed by atoms with E-state index in [9.17, 15) is 8.78 Å². The molecule has 0 amide bonds. The summed E-state index contributed by atoms with van der Waals surface area (Å²) in [6.07, 6.45) is 3.74. The maximum atomic E-state index is 13.4. The Kier molecular flexibility index (Phi) is 5.10. The molecule has 0 aromatic heterocycles. The van der Waals surface area contributed by atoms with Gasteiger partial charge in [-0.2, -0.15) is 15.5 Å².